The highest BCUT2D eigenvalue weighted by molar-refractivity contribution is 5.78. The molecular formula is C24H44O6. The molecule has 0 heterocycles. The summed E-state index contributed by atoms with van der Waals surface area (Å²) in [6, 6.07) is 0. The molecule has 30 heavy (non-hydrogen) atoms. The largest absolute Gasteiger partial charge is 0.481 e. The predicted molar refractivity (Wildman–Crippen MR) is 119 cm³/mol. The third kappa shape index (κ3) is 9.94. The highest BCUT2D eigenvalue weighted by Crippen LogP contribution is 2.47. The summed E-state index contributed by atoms with van der Waals surface area (Å²) in [6.45, 7) is 6.22. The van der Waals surface area contributed by atoms with Crippen LogP contribution in [-0.2, 0) is 14.4 Å². The van der Waals surface area contributed by atoms with Crippen molar-refractivity contribution in [3.8, 4) is 0 Å². The van der Waals surface area contributed by atoms with Crippen LogP contribution in [0.15, 0.2) is 0 Å². The molecule has 0 rings (SSSR count). The maximum atomic E-state index is 12.7. The van der Waals surface area contributed by atoms with E-state index in [-0.39, 0.29) is 19.3 Å². The predicted octanol–water partition coefficient (Wildman–Crippen LogP) is 6.37. The Balaban J connectivity index is 5.99. The molecule has 0 spiro atoms. The third-order valence-corrected chi connectivity index (χ3v) is 6.42. The van der Waals surface area contributed by atoms with Crippen molar-refractivity contribution in [1.82, 2.24) is 0 Å². The molecule has 0 aromatic carbocycles. The van der Waals surface area contributed by atoms with E-state index in [1.807, 2.05) is 0 Å². The number of carbonyl (C=O) groups is 3. The molecule has 6 nitrogen and oxygen atoms in total. The van der Waals surface area contributed by atoms with Gasteiger partial charge < -0.3 is 15.3 Å². The van der Waals surface area contributed by atoms with E-state index in [0.29, 0.717) is 19.3 Å². The highest BCUT2D eigenvalue weighted by Gasteiger charge is 2.49. The molecular weight excluding hydrogens is 384 g/mol. The van der Waals surface area contributed by atoms with Crippen LogP contribution in [0.5, 0.6) is 0 Å². The van der Waals surface area contributed by atoms with Gasteiger partial charge in [0.25, 0.3) is 0 Å². The lowest BCUT2D eigenvalue weighted by atomic mass is 9.61. The molecule has 0 bridgehead atoms. The maximum absolute atomic E-state index is 12.7. The molecule has 0 aliphatic carbocycles. The van der Waals surface area contributed by atoms with Crippen LogP contribution in [0.1, 0.15) is 117 Å². The fourth-order valence-corrected chi connectivity index (χ4v) is 4.70. The molecule has 2 atom stereocenters. The molecule has 176 valence electrons. The SMILES string of the molecule is CCCCCC(C(CCCC(=O)O)C(=O)O)C(CCCCC)(CCCCC)C(=O)O. The molecule has 0 aromatic rings. The second-order valence-electron chi connectivity index (χ2n) is 8.71. The number of unbranched alkanes of at least 4 members (excludes halogenated alkanes) is 6. The molecule has 3 N–H and O–H groups in total. The molecule has 0 amide bonds. The van der Waals surface area contributed by atoms with E-state index >= 15 is 0 Å². The summed E-state index contributed by atoms with van der Waals surface area (Å²) in [6.07, 6.45) is 10.1. The lowest BCUT2D eigenvalue weighted by Gasteiger charge is -2.41. The van der Waals surface area contributed by atoms with Crippen LogP contribution < -0.4 is 0 Å². The zero-order valence-corrected chi connectivity index (χ0v) is 19.3. The lowest BCUT2D eigenvalue weighted by molar-refractivity contribution is -0.161. The fraction of sp³-hybridized carbons (Fsp3) is 0.875. The Kier molecular flexibility index (Phi) is 15.3. The number of hydrogen-bond acceptors (Lipinski definition) is 3. The van der Waals surface area contributed by atoms with Crippen molar-refractivity contribution in [2.75, 3.05) is 0 Å². The second-order valence-corrected chi connectivity index (χ2v) is 8.71. The lowest BCUT2D eigenvalue weighted by Crippen LogP contribution is -2.44. The van der Waals surface area contributed by atoms with Gasteiger partial charge in [0.05, 0.1) is 11.3 Å². The van der Waals surface area contributed by atoms with Gasteiger partial charge in [0.2, 0.25) is 0 Å². The second kappa shape index (κ2) is 16.1. The number of hydrogen-bond donors (Lipinski definition) is 3. The molecule has 0 saturated carbocycles. The summed E-state index contributed by atoms with van der Waals surface area (Å²) >= 11 is 0. The normalized spacial score (nSPS) is 13.7. The summed E-state index contributed by atoms with van der Waals surface area (Å²) in [7, 11) is 0. The zero-order chi connectivity index (χ0) is 23.0. The first kappa shape index (κ1) is 28.4. The van der Waals surface area contributed by atoms with Gasteiger partial charge in [0, 0.05) is 6.42 Å². The first-order valence-electron chi connectivity index (χ1n) is 11.9. The first-order valence-corrected chi connectivity index (χ1v) is 11.9. The van der Waals surface area contributed by atoms with Crippen LogP contribution in [0.3, 0.4) is 0 Å². The maximum Gasteiger partial charge on any atom is 0.309 e. The summed E-state index contributed by atoms with van der Waals surface area (Å²) in [5, 5.41) is 29.4. The van der Waals surface area contributed by atoms with Gasteiger partial charge in [-0.05, 0) is 38.0 Å². The average Bonchev–Trinajstić information content (AvgIpc) is 2.68. The molecule has 0 aliphatic heterocycles. The van der Waals surface area contributed by atoms with E-state index < -0.39 is 35.2 Å². The fourth-order valence-electron chi connectivity index (χ4n) is 4.70. The molecule has 0 fully saturated rings. The van der Waals surface area contributed by atoms with Crippen molar-refractivity contribution in [1.29, 1.82) is 0 Å². The molecule has 6 heteroatoms. The molecule has 0 aliphatic rings. The Hall–Kier alpha value is -1.59. The topological polar surface area (TPSA) is 112 Å². The van der Waals surface area contributed by atoms with E-state index in [4.69, 9.17) is 5.11 Å². The number of aliphatic carboxylic acids is 3. The third-order valence-electron chi connectivity index (χ3n) is 6.42. The van der Waals surface area contributed by atoms with E-state index in [9.17, 15) is 24.6 Å². The zero-order valence-electron chi connectivity index (χ0n) is 19.3. The van der Waals surface area contributed by atoms with Crippen molar-refractivity contribution in [3.05, 3.63) is 0 Å². The minimum Gasteiger partial charge on any atom is -0.481 e. The standard InChI is InChI=1S/C24H44O6/c1-4-7-10-15-20(19(22(27)28)14-13-16-21(25)26)24(23(29)30,17-11-8-5-2)18-12-9-6-3/h19-20H,4-18H2,1-3H3,(H,25,26)(H,27,28)(H,29,30). The number of carboxylic acid groups (broad SMARTS) is 3. The number of carboxylic acids is 3. The van der Waals surface area contributed by atoms with Crippen molar-refractivity contribution < 1.29 is 29.7 Å². The first-order chi connectivity index (χ1) is 14.3. The van der Waals surface area contributed by atoms with Gasteiger partial charge in [-0.1, -0.05) is 78.6 Å². The molecule has 0 saturated heterocycles. The van der Waals surface area contributed by atoms with Crippen molar-refractivity contribution in [2.45, 2.75) is 117 Å². The molecule has 2 unspecified atom stereocenters. The average molecular weight is 429 g/mol. The molecule has 0 aromatic heterocycles. The van der Waals surface area contributed by atoms with Crippen LogP contribution in [0.2, 0.25) is 0 Å². The van der Waals surface area contributed by atoms with Gasteiger partial charge in [0.1, 0.15) is 0 Å². The van der Waals surface area contributed by atoms with Gasteiger partial charge >= 0.3 is 17.9 Å². The Morgan fingerprint density at radius 1 is 0.700 bits per heavy atom. The van der Waals surface area contributed by atoms with Gasteiger partial charge in [0.15, 0.2) is 0 Å². The summed E-state index contributed by atoms with van der Waals surface area (Å²) in [5.41, 5.74) is -1.05. The van der Waals surface area contributed by atoms with Gasteiger partial charge in [-0.15, -0.1) is 0 Å². The Morgan fingerprint density at radius 3 is 1.60 bits per heavy atom. The van der Waals surface area contributed by atoms with Crippen LogP contribution in [0, 0.1) is 17.3 Å². The molecule has 0 radical (unpaired) electrons. The minimum absolute atomic E-state index is 0.0861. The van der Waals surface area contributed by atoms with Crippen molar-refractivity contribution in [3.63, 3.8) is 0 Å². The summed E-state index contributed by atoms with van der Waals surface area (Å²) in [4.78, 5) is 35.9. The van der Waals surface area contributed by atoms with Crippen LogP contribution in [0.25, 0.3) is 0 Å². The van der Waals surface area contributed by atoms with E-state index in [1.165, 1.54) is 0 Å². The van der Waals surface area contributed by atoms with Crippen LogP contribution >= 0.6 is 0 Å². The monoisotopic (exact) mass is 428 g/mol. The minimum atomic E-state index is -1.05. The van der Waals surface area contributed by atoms with Crippen LogP contribution in [-0.4, -0.2) is 33.2 Å². The quantitative estimate of drug-likeness (QED) is 0.194. The van der Waals surface area contributed by atoms with E-state index in [0.717, 1.165) is 57.8 Å². The Morgan fingerprint density at radius 2 is 1.20 bits per heavy atom. The summed E-state index contributed by atoms with van der Waals surface area (Å²) < 4.78 is 0. The summed E-state index contributed by atoms with van der Waals surface area (Å²) in [5.74, 6) is -4.10. The van der Waals surface area contributed by atoms with Gasteiger partial charge in [-0.25, -0.2) is 0 Å². The van der Waals surface area contributed by atoms with E-state index in [1.54, 1.807) is 0 Å². The smallest absolute Gasteiger partial charge is 0.309 e. The van der Waals surface area contributed by atoms with E-state index in [2.05, 4.69) is 20.8 Å². The van der Waals surface area contributed by atoms with Crippen molar-refractivity contribution in [2.24, 2.45) is 17.3 Å². The highest BCUT2D eigenvalue weighted by atomic mass is 16.4. The Labute approximate surface area is 182 Å². The van der Waals surface area contributed by atoms with Gasteiger partial charge in [-0.2, -0.15) is 0 Å². The van der Waals surface area contributed by atoms with Crippen LogP contribution in [0.4, 0.5) is 0 Å². The number of rotatable bonds is 20. The Bertz CT molecular complexity index is 492. The van der Waals surface area contributed by atoms with Gasteiger partial charge in [-0.3, -0.25) is 14.4 Å². The van der Waals surface area contributed by atoms with Crippen molar-refractivity contribution >= 4 is 17.9 Å².